The zero-order chi connectivity index (χ0) is 8.10. The zero-order valence-electron chi connectivity index (χ0n) is 8.21. The molecule has 1 rings (SSSR count). The number of ether oxygens (including phenoxy) is 1. The van der Waals surface area contributed by atoms with Crippen molar-refractivity contribution in [3.8, 4) is 0 Å². The average Bonchev–Trinajstić information content (AvgIpc) is 2.07. The van der Waals surface area contributed by atoms with Gasteiger partial charge in [-0.2, -0.15) is 0 Å². The number of hydrogen-bond donors (Lipinski definition) is 0. The van der Waals surface area contributed by atoms with Crippen LogP contribution in [0.2, 0.25) is 0 Å². The molecule has 0 aromatic heterocycles. The number of benzene rings is 1. The van der Waals surface area contributed by atoms with E-state index in [0.29, 0.717) is 12.2 Å². The van der Waals surface area contributed by atoms with Gasteiger partial charge in [-0.25, -0.2) is 4.79 Å². The molecule has 0 unspecified atom stereocenters. The van der Waals surface area contributed by atoms with Crippen LogP contribution in [0.1, 0.15) is 17.3 Å². The molecule has 0 bridgehead atoms. The molecule has 15 heavy (non-hydrogen) atoms. The fourth-order valence-electron chi connectivity index (χ4n) is 0.789. The van der Waals surface area contributed by atoms with Gasteiger partial charge in [-0.15, -0.1) is 0 Å². The highest BCUT2D eigenvalue weighted by Crippen LogP contribution is 1.99. The molecule has 0 saturated carbocycles. The summed E-state index contributed by atoms with van der Waals surface area (Å²) >= 11 is 0. The minimum absolute atomic E-state index is 0. The molecular formula is C9H13BF3O2. The van der Waals surface area contributed by atoms with Crippen molar-refractivity contribution in [2.45, 2.75) is 6.92 Å². The first-order chi connectivity index (χ1) is 5.34. The number of rotatable bonds is 2. The van der Waals surface area contributed by atoms with E-state index in [1.807, 2.05) is 18.2 Å². The summed E-state index contributed by atoms with van der Waals surface area (Å²) in [5.41, 5.74) is 0.606. The lowest BCUT2D eigenvalue weighted by Crippen LogP contribution is -2.03. The fourth-order valence-corrected chi connectivity index (χ4v) is 0.789. The lowest BCUT2D eigenvalue weighted by molar-refractivity contribution is 0.0526. The van der Waals surface area contributed by atoms with Crippen LogP contribution in [0.4, 0.5) is 14.1 Å². The molecule has 0 aliphatic carbocycles. The molecule has 6 heteroatoms. The molecule has 0 fully saturated rings. The molecule has 85 valence electrons. The van der Waals surface area contributed by atoms with Crippen LogP contribution in [-0.4, -0.2) is 21.0 Å². The maximum absolute atomic E-state index is 11.0. The monoisotopic (exact) mass is 221 g/mol. The van der Waals surface area contributed by atoms with E-state index in [1.165, 1.54) is 0 Å². The molecule has 0 heterocycles. The van der Waals surface area contributed by atoms with E-state index in [1.54, 1.807) is 19.1 Å². The molecule has 1 aromatic rings. The summed E-state index contributed by atoms with van der Waals surface area (Å²) in [6, 6.07) is 8.96. The van der Waals surface area contributed by atoms with Gasteiger partial charge in [0.05, 0.1) is 12.2 Å². The van der Waals surface area contributed by atoms with Crippen molar-refractivity contribution in [3.63, 3.8) is 0 Å². The summed E-state index contributed by atoms with van der Waals surface area (Å²) in [5, 5.41) is 0. The second-order valence-corrected chi connectivity index (χ2v) is 2.09. The number of hydrogen-bond acceptors (Lipinski definition) is 2. The molecule has 3 radical (unpaired) electrons. The molecule has 0 saturated heterocycles. The lowest BCUT2D eigenvalue weighted by Gasteiger charge is -1.99. The summed E-state index contributed by atoms with van der Waals surface area (Å²) in [6.45, 7) is 2.22. The molecule has 0 amide bonds. The smallest absolute Gasteiger partial charge is 0.338 e. The second-order valence-electron chi connectivity index (χ2n) is 2.09. The Kier molecular flexibility index (Phi) is 19.6. The van der Waals surface area contributed by atoms with Crippen molar-refractivity contribution in [2.24, 2.45) is 0 Å². The summed E-state index contributed by atoms with van der Waals surface area (Å²) in [4.78, 5) is 11.0. The highest BCUT2D eigenvalue weighted by molar-refractivity contribution is 5.89. The van der Waals surface area contributed by atoms with Gasteiger partial charge in [0.25, 0.3) is 0 Å². The minimum Gasteiger partial charge on any atom is -0.462 e. The number of esters is 1. The average molecular weight is 221 g/mol. The third-order valence-electron chi connectivity index (χ3n) is 1.28. The van der Waals surface area contributed by atoms with Crippen LogP contribution in [-0.2, 0) is 4.74 Å². The highest BCUT2D eigenvalue weighted by atomic mass is 19.0. The van der Waals surface area contributed by atoms with E-state index in [0.717, 1.165) is 0 Å². The van der Waals surface area contributed by atoms with Crippen LogP contribution in [0.5, 0.6) is 0 Å². The van der Waals surface area contributed by atoms with E-state index >= 15 is 0 Å². The van der Waals surface area contributed by atoms with Gasteiger partial charge in [0, 0.05) is 8.41 Å². The lowest BCUT2D eigenvalue weighted by atomic mass is 10.2. The second kappa shape index (κ2) is 12.5. The topological polar surface area (TPSA) is 26.3 Å². The molecule has 0 atom stereocenters. The molecule has 0 aliphatic rings. The van der Waals surface area contributed by atoms with E-state index in [9.17, 15) is 4.79 Å². The highest BCUT2D eigenvalue weighted by Gasteiger charge is 2.02. The van der Waals surface area contributed by atoms with Crippen LogP contribution < -0.4 is 0 Å². The van der Waals surface area contributed by atoms with Gasteiger partial charge in [0.1, 0.15) is 0 Å². The first-order valence-electron chi connectivity index (χ1n) is 3.56. The molecule has 0 spiro atoms. The Hall–Kier alpha value is -1.46. The maximum Gasteiger partial charge on any atom is 0.338 e. The Balaban J connectivity index is -0.000000151. The van der Waals surface area contributed by atoms with Gasteiger partial charge in [0.15, 0.2) is 0 Å². The summed E-state index contributed by atoms with van der Waals surface area (Å²) < 4.78 is 4.79. The van der Waals surface area contributed by atoms with Gasteiger partial charge in [0.2, 0.25) is 0 Å². The van der Waals surface area contributed by atoms with Crippen LogP contribution >= 0.6 is 0 Å². The standard InChI is InChI=1S/C9H10O2.B.3FH/c1-2-11-9(10)8-6-4-3-5-7-8;;;;/h3-7H,2H2,1H3;;3*1H. The maximum atomic E-state index is 11.0. The molecule has 0 aliphatic heterocycles. The Bertz CT molecular complexity index is 244. The molecule has 1 aromatic carbocycles. The third kappa shape index (κ3) is 7.60. The normalized spacial score (nSPS) is 6.73. The number of halogens is 3. The number of carbonyl (C=O) groups excluding carboxylic acids is 1. The molecule has 2 nitrogen and oxygen atoms in total. The van der Waals surface area contributed by atoms with E-state index < -0.39 is 0 Å². The van der Waals surface area contributed by atoms with Gasteiger partial charge >= 0.3 is 5.97 Å². The van der Waals surface area contributed by atoms with Crippen molar-refractivity contribution in [1.82, 2.24) is 0 Å². The van der Waals surface area contributed by atoms with Crippen molar-refractivity contribution in [3.05, 3.63) is 35.9 Å². The summed E-state index contributed by atoms with van der Waals surface area (Å²) in [7, 11) is 0. The van der Waals surface area contributed by atoms with E-state index in [4.69, 9.17) is 4.74 Å². The van der Waals surface area contributed by atoms with Gasteiger partial charge < -0.3 is 4.74 Å². The summed E-state index contributed by atoms with van der Waals surface area (Å²) in [5.74, 6) is -0.256. The van der Waals surface area contributed by atoms with Crippen LogP contribution in [0.15, 0.2) is 30.3 Å². The van der Waals surface area contributed by atoms with Gasteiger partial charge in [-0.05, 0) is 19.1 Å². The van der Waals surface area contributed by atoms with Crippen molar-refractivity contribution in [2.75, 3.05) is 6.61 Å². The Morgan fingerprint density at radius 3 is 2.00 bits per heavy atom. The number of carbonyl (C=O) groups is 1. The Labute approximate surface area is 88.3 Å². The quantitative estimate of drug-likeness (QED) is 0.563. The zero-order valence-corrected chi connectivity index (χ0v) is 8.21. The van der Waals surface area contributed by atoms with Crippen LogP contribution in [0.25, 0.3) is 0 Å². The predicted octanol–water partition coefficient (Wildman–Crippen LogP) is 1.94. The van der Waals surface area contributed by atoms with E-state index in [2.05, 4.69) is 0 Å². The third-order valence-corrected chi connectivity index (χ3v) is 1.28. The predicted molar refractivity (Wildman–Crippen MR) is 55.7 cm³/mol. The summed E-state index contributed by atoms with van der Waals surface area (Å²) in [6.07, 6.45) is 0. The first kappa shape index (κ1) is 23.4. The van der Waals surface area contributed by atoms with Crippen molar-refractivity contribution < 1.29 is 23.6 Å². The van der Waals surface area contributed by atoms with E-state index in [-0.39, 0.29) is 28.5 Å². The van der Waals surface area contributed by atoms with Crippen molar-refractivity contribution >= 4 is 14.4 Å². The fraction of sp³-hybridized carbons (Fsp3) is 0.222. The minimum atomic E-state index is -0.256. The van der Waals surface area contributed by atoms with Crippen LogP contribution in [0, 0.1) is 0 Å². The van der Waals surface area contributed by atoms with Crippen molar-refractivity contribution in [1.29, 1.82) is 0 Å². The van der Waals surface area contributed by atoms with Gasteiger partial charge in [-0.1, -0.05) is 18.2 Å². The van der Waals surface area contributed by atoms with Gasteiger partial charge in [-0.3, -0.25) is 14.1 Å². The first-order valence-corrected chi connectivity index (χ1v) is 3.56. The SMILES string of the molecule is CCOC(=O)c1ccccc1.F.F.F.[B]. The Morgan fingerprint density at radius 2 is 1.60 bits per heavy atom. The largest absolute Gasteiger partial charge is 0.462 e. The molecule has 0 N–H and O–H groups in total. The van der Waals surface area contributed by atoms with Crippen LogP contribution in [0.3, 0.4) is 0 Å². The molecular weight excluding hydrogens is 208 g/mol. The Morgan fingerprint density at radius 1 is 1.13 bits per heavy atom.